The molecular weight excluding hydrogens is 316 g/mol. The zero-order valence-electron chi connectivity index (χ0n) is 16.0. The number of rotatable bonds is 3. The highest BCUT2D eigenvalue weighted by atomic mass is 15.0. The van der Waals surface area contributed by atoms with Crippen LogP contribution in [0.2, 0.25) is 0 Å². The Balaban J connectivity index is 1.83. The maximum atomic E-state index is 2.32. The van der Waals surface area contributed by atoms with Crippen molar-refractivity contribution in [3.05, 3.63) is 78.1 Å². The van der Waals surface area contributed by atoms with E-state index in [-0.39, 0.29) is 5.41 Å². The Labute approximate surface area is 155 Å². The number of fused-ring (bicyclic) bond motifs is 2. The molecule has 0 amide bonds. The van der Waals surface area contributed by atoms with E-state index in [1.54, 1.807) is 0 Å². The molecule has 1 aromatic heterocycles. The highest BCUT2D eigenvalue weighted by Crippen LogP contribution is 2.39. The summed E-state index contributed by atoms with van der Waals surface area (Å²) < 4.78 is 4.58. The van der Waals surface area contributed by atoms with Gasteiger partial charge in [-0.05, 0) is 32.9 Å². The molecule has 26 heavy (non-hydrogen) atoms. The van der Waals surface area contributed by atoms with Crippen molar-refractivity contribution in [2.45, 2.75) is 32.7 Å². The second-order valence-electron chi connectivity index (χ2n) is 7.55. The summed E-state index contributed by atoms with van der Waals surface area (Å²) >= 11 is 0. The van der Waals surface area contributed by atoms with Crippen LogP contribution in [0, 0.1) is 0 Å². The largest absolute Gasteiger partial charge is 0.209 e. The maximum absolute atomic E-state index is 2.32. The van der Waals surface area contributed by atoms with Crippen molar-refractivity contribution in [1.29, 1.82) is 0 Å². The fraction of sp³-hybridized carbons (Fsp3) is 0.250. The Hall–Kier alpha value is -2.74. The predicted molar refractivity (Wildman–Crippen MR) is 109 cm³/mol. The van der Waals surface area contributed by atoms with E-state index in [1.165, 1.54) is 33.3 Å². The van der Waals surface area contributed by atoms with E-state index in [2.05, 4.69) is 110 Å². The van der Waals surface area contributed by atoms with Crippen LogP contribution in [0.15, 0.2) is 67.0 Å². The smallest absolute Gasteiger partial charge is 0.204 e. The molecule has 0 fully saturated rings. The summed E-state index contributed by atoms with van der Waals surface area (Å²) in [7, 11) is 2.17. The Morgan fingerprint density at radius 1 is 0.923 bits per heavy atom. The van der Waals surface area contributed by atoms with Crippen LogP contribution in [0.3, 0.4) is 0 Å². The molecule has 0 radical (unpaired) electrons. The molecule has 130 valence electrons. The average molecular weight is 342 g/mol. The lowest BCUT2D eigenvalue weighted by Crippen LogP contribution is -2.31. The number of pyridine rings is 1. The molecule has 0 aliphatic carbocycles. The van der Waals surface area contributed by atoms with Gasteiger partial charge in [-0.25, -0.2) is 4.57 Å². The lowest BCUT2D eigenvalue weighted by Gasteiger charge is -2.15. The van der Waals surface area contributed by atoms with Crippen molar-refractivity contribution in [1.82, 2.24) is 0 Å². The van der Waals surface area contributed by atoms with Crippen LogP contribution in [-0.2, 0) is 12.0 Å². The normalized spacial score (nSPS) is 15.8. The molecule has 0 saturated carbocycles. The first kappa shape index (κ1) is 16.7. The summed E-state index contributed by atoms with van der Waals surface area (Å²) in [6.07, 6.45) is 9.03. The van der Waals surface area contributed by atoms with Crippen molar-refractivity contribution < 1.29 is 9.14 Å². The van der Waals surface area contributed by atoms with Crippen molar-refractivity contribution in [3.63, 3.8) is 0 Å². The van der Waals surface area contributed by atoms with Gasteiger partial charge in [0.25, 0.3) is 0 Å². The molecule has 0 N–H and O–H groups in total. The van der Waals surface area contributed by atoms with Crippen molar-refractivity contribution in [2.24, 2.45) is 0 Å². The number of aryl methyl sites for hydroxylation is 1. The van der Waals surface area contributed by atoms with Gasteiger partial charge in [-0.3, -0.25) is 0 Å². The molecule has 0 spiro atoms. The fourth-order valence-electron chi connectivity index (χ4n) is 4.12. The van der Waals surface area contributed by atoms with Gasteiger partial charge in [-0.15, -0.1) is 0 Å². The molecule has 0 unspecified atom stereocenters. The van der Waals surface area contributed by atoms with E-state index in [1.807, 2.05) is 0 Å². The van der Waals surface area contributed by atoms with Crippen LogP contribution >= 0.6 is 0 Å². The van der Waals surface area contributed by atoms with Crippen LogP contribution in [-0.4, -0.2) is 17.3 Å². The first-order valence-electron chi connectivity index (χ1n) is 9.33. The first-order chi connectivity index (χ1) is 12.5. The van der Waals surface area contributed by atoms with Gasteiger partial charge in [0.1, 0.15) is 13.6 Å². The molecule has 2 aromatic carbocycles. The minimum atomic E-state index is 0.00710. The number of para-hydroxylation sites is 1. The highest BCUT2D eigenvalue weighted by molar-refractivity contribution is 6.06. The lowest BCUT2D eigenvalue weighted by atomic mass is 9.81. The highest BCUT2D eigenvalue weighted by Gasteiger charge is 2.42. The van der Waals surface area contributed by atoms with E-state index in [0.29, 0.717) is 0 Å². The van der Waals surface area contributed by atoms with Crippen LogP contribution in [0.25, 0.3) is 16.8 Å². The molecule has 2 heterocycles. The van der Waals surface area contributed by atoms with Crippen molar-refractivity contribution >= 4 is 28.2 Å². The number of hydrogen-bond acceptors (Lipinski definition) is 0. The monoisotopic (exact) mass is 342 g/mol. The minimum absolute atomic E-state index is 0.00710. The molecule has 3 aromatic rings. The molecule has 0 bridgehead atoms. The number of hydrogen-bond donors (Lipinski definition) is 0. The molecular formula is C24H26N2+2. The molecule has 1 aliphatic rings. The molecule has 1 aliphatic heterocycles. The summed E-state index contributed by atoms with van der Waals surface area (Å²) in [5.41, 5.74) is 5.29. The average Bonchev–Trinajstić information content (AvgIpc) is 2.86. The van der Waals surface area contributed by atoms with E-state index >= 15 is 0 Å². The topological polar surface area (TPSA) is 6.89 Å². The van der Waals surface area contributed by atoms with Gasteiger partial charge in [-0.1, -0.05) is 36.4 Å². The van der Waals surface area contributed by atoms with Crippen molar-refractivity contribution in [2.75, 3.05) is 7.05 Å². The van der Waals surface area contributed by atoms with Gasteiger partial charge < -0.3 is 0 Å². The fourth-order valence-corrected chi connectivity index (χ4v) is 4.12. The summed E-state index contributed by atoms with van der Waals surface area (Å²) in [4.78, 5) is 0. The Kier molecular flexibility index (Phi) is 3.99. The van der Waals surface area contributed by atoms with Gasteiger partial charge in [0.05, 0.1) is 5.41 Å². The van der Waals surface area contributed by atoms with Crippen LogP contribution in [0.1, 0.15) is 31.9 Å². The van der Waals surface area contributed by atoms with Crippen LogP contribution < -0.4 is 4.57 Å². The van der Waals surface area contributed by atoms with E-state index in [4.69, 9.17) is 0 Å². The quantitative estimate of drug-likeness (QED) is 0.600. The van der Waals surface area contributed by atoms with Gasteiger partial charge in [0, 0.05) is 34.0 Å². The summed E-state index contributed by atoms with van der Waals surface area (Å²) in [6, 6.07) is 17.3. The molecule has 4 rings (SSSR count). The molecule has 0 atom stereocenters. The van der Waals surface area contributed by atoms with Gasteiger partial charge >= 0.3 is 0 Å². The second-order valence-corrected chi connectivity index (χ2v) is 7.55. The third-order valence-corrected chi connectivity index (χ3v) is 5.61. The van der Waals surface area contributed by atoms with E-state index in [9.17, 15) is 0 Å². The van der Waals surface area contributed by atoms with Crippen LogP contribution in [0.5, 0.6) is 0 Å². The third kappa shape index (κ3) is 2.57. The molecule has 0 saturated heterocycles. The summed E-state index contributed by atoms with van der Waals surface area (Å²) in [6.45, 7) is 7.77. The standard InChI is InChI=1S/C24H26N2/c1-5-26-16-18-10-6-7-11-20(18)19(17-26)14-15-23-24(2,3)21-12-8-9-13-22(21)25(23)4/h6-17H,5H2,1-4H3/q+2/b15-14+. The first-order valence-corrected chi connectivity index (χ1v) is 9.33. The Morgan fingerprint density at radius 2 is 1.65 bits per heavy atom. The summed E-state index contributed by atoms with van der Waals surface area (Å²) in [5, 5.41) is 2.58. The number of benzene rings is 2. The van der Waals surface area contributed by atoms with E-state index < -0.39 is 0 Å². The number of aromatic nitrogens is 1. The predicted octanol–water partition coefficient (Wildman–Crippen LogP) is 4.87. The number of allylic oxidation sites excluding steroid dienone is 1. The van der Waals surface area contributed by atoms with Gasteiger partial charge in [0.15, 0.2) is 18.1 Å². The maximum Gasteiger partial charge on any atom is 0.209 e. The van der Waals surface area contributed by atoms with Crippen molar-refractivity contribution in [3.8, 4) is 0 Å². The Bertz CT molecular complexity index is 1050. The summed E-state index contributed by atoms with van der Waals surface area (Å²) in [5.74, 6) is 0. The lowest BCUT2D eigenvalue weighted by molar-refractivity contribution is -0.692. The van der Waals surface area contributed by atoms with E-state index in [0.717, 1.165) is 6.54 Å². The third-order valence-electron chi connectivity index (χ3n) is 5.61. The Morgan fingerprint density at radius 3 is 2.42 bits per heavy atom. The molecule has 2 nitrogen and oxygen atoms in total. The number of nitrogens with zero attached hydrogens (tertiary/aromatic N) is 2. The second kappa shape index (κ2) is 6.21. The zero-order valence-corrected chi connectivity index (χ0v) is 16.0. The van der Waals surface area contributed by atoms with Crippen LogP contribution in [0.4, 0.5) is 5.69 Å². The van der Waals surface area contributed by atoms with Gasteiger partial charge in [0.2, 0.25) is 5.69 Å². The SMILES string of the molecule is CC[n+]1cc(/C=C/C2=[N+](C)c3ccccc3C2(C)C)c2ccccc2c1. The molecule has 2 heteroatoms. The van der Waals surface area contributed by atoms with Gasteiger partial charge in [-0.2, -0.15) is 4.58 Å². The zero-order chi connectivity index (χ0) is 18.3. The minimum Gasteiger partial charge on any atom is -0.204 e.